The minimum absolute atomic E-state index is 0.0981. The van der Waals surface area contributed by atoms with Crippen LogP contribution < -0.4 is 5.32 Å². The third-order valence-electron chi connectivity index (χ3n) is 2.44. The van der Waals surface area contributed by atoms with E-state index in [9.17, 15) is 18.0 Å². The van der Waals surface area contributed by atoms with Crippen molar-refractivity contribution in [2.24, 2.45) is 0 Å². The van der Waals surface area contributed by atoms with Gasteiger partial charge in [0.1, 0.15) is 6.61 Å². The molecule has 0 radical (unpaired) electrons. The average molecular weight is 325 g/mol. The fourth-order valence-corrected chi connectivity index (χ4v) is 1.69. The maximum Gasteiger partial charge on any atom is 0.411 e. The van der Waals surface area contributed by atoms with Gasteiger partial charge in [-0.15, -0.1) is 0 Å². The molecule has 4 nitrogen and oxygen atoms in total. The van der Waals surface area contributed by atoms with Crippen molar-refractivity contribution in [1.29, 1.82) is 0 Å². The Morgan fingerprint density at radius 3 is 2.62 bits per heavy atom. The first-order valence-electron chi connectivity index (χ1n) is 6.10. The second kappa shape index (κ2) is 7.51. The van der Waals surface area contributed by atoms with Crippen LogP contribution in [0.1, 0.15) is 10.4 Å². The molecule has 1 aromatic carbocycles. The van der Waals surface area contributed by atoms with Gasteiger partial charge in [0.15, 0.2) is 0 Å². The zero-order chi connectivity index (χ0) is 16.0. The molecule has 8 heteroatoms. The molecule has 21 heavy (non-hydrogen) atoms. The summed E-state index contributed by atoms with van der Waals surface area (Å²) in [5, 5.41) is 3.18. The molecule has 0 aliphatic rings. The molecule has 118 valence electrons. The molecule has 0 fully saturated rings. The molecule has 0 spiro atoms. The van der Waals surface area contributed by atoms with Crippen molar-refractivity contribution >= 4 is 23.2 Å². The van der Waals surface area contributed by atoms with E-state index in [2.05, 4.69) is 10.1 Å². The average Bonchev–Trinajstić information content (AvgIpc) is 2.38. The molecular formula is C13H16ClF3N2O2. The Kier molecular flexibility index (Phi) is 6.29. The summed E-state index contributed by atoms with van der Waals surface area (Å²) < 4.78 is 40.1. The maximum atomic E-state index is 11.9. The second-order valence-electron chi connectivity index (χ2n) is 4.49. The van der Waals surface area contributed by atoms with Crippen molar-refractivity contribution in [2.45, 2.75) is 6.18 Å². The number of nitrogens with zero attached hydrogens (tertiary/aromatic N) is 1. The quantitative estimate of drug-likeness (QED) is 0.818. The lowest BCUT2D eigenvalue weighted by Crippen LogP contribution is -2.22. The van der Waals surface area contributed by atoms with Gasteiger partial charge in [-0.3, -0.25) is 4.79 Å². The summed E-state index contributed by atoms with van der Waals surface area (Å²) in [5.74, 6) is -0.253. The van der Waals surface area contributed by atoms with Gasteiger partial charge in [-0.25, -0.2) is 0 Å². The van der Waals surface area contributed by atoms with Crippen molar-refractivity contribution < 1.29 is 22.7 Å². The highest BCUT2D eigenvalue weighted by molar-refractivity contribution is 6.34. The monoisotopic (exact) mass is 324 g/mol. The minimum Gasteiger partial charge on any atom is -0.383 e. The van der Waals surface area contributed by atoms with Crippen LogP contribution in [0.3, 0.4) is 0 Å². The van der Waals surface area contributed by atoms with Gasteiger partial charge in [0, 0.05) is 26.3 Å². The van der Waals surface area contributed by atoms with E-state index >= 15 is 0 Å². The van der Waals surface area contributed by atoms with Crippen LogP contribution in [0, 0.1) is 0 Å². The van der Waals surface area contributed by atoms with Crippen LogP contribution in [-0.2, 0) is 4.74 Å². The van der Waals surface area contributed by atoms with Gasteiger partial charge < -0.3 is 15.0 Å². The minimum atomic E-state index is -4.33. The van der Waals surface area contributed by atoms with E-state index in [0.717, 1.165) is 0 Å². The van der Waals surface area contributed by atoms with E-state index in [4.69, 9.17) is 11.6 Å². The standard InChI is InChI=1S/C13H16ClF3N2O2/c1-19(2)12(20)10-7-9(3-4-11(10)14)18-5-6-21-8-13(15,16)17/h3-4,7,18H,5-6,8H2,1-2H3. The smallest absolute Gasteiger partial charge is 0.383 e. The van der Waals surface area contributed by atoms with Crippen LogP contribution in [0.5, 0.6) is 0 Å². The zero-order valence-corrected chi connectivity index (χ0v) is 12.4. The Labute approximate surface area is 125 Å². The van der Waals surface area contributed by atoms with Crippen LogP contribution in [0.15, 0.2) is 18.2 Å². The van der Waals surface area contributed by atoms with Gasteiger partial charge in [-0.1, -0.05) is 11.6 Å². The van der Waals surface area contributed by atoms with E-state index in [0.29, 0.717) is 16.3 Å². The van der Waals surface area contributed by atoms with Crippen molar-refractivity contribution in [3.05, 3.63) is 28.8 Å². The van der Waals surface area contributed by atoms with Crippen molar-refractivity contribution in [3.63, 3.8) is 0 Å². The normalized spacial score (nSPS) is 11.3. The lowest BCUT2D eigenvalue weighted by atomic mass is 10.1. The molecule has 1 aromatic rings. The van der Waals surface area contributed by atoms with Gasteiger partial charge in [-0.2, -0.15) is 13.2 Å². The number of benzene rings is 1. The topological polar surface area (TPSA) is 41.6 Å². The Bertz CT molecular complexity index is 493. The SMILES string of the molecule is CN(C)C(=O)c1cc(NCCOCC(F)(F)F)ccc1Cl. The first-order valence-corrected chi connectivity index (χ1v) is 6.48. The van der Waals surface area contributed by atoms with Gasteiger partial charge >= 0.3 is 6.18 Å². The molecule has 0 aliphatic carbocycles. The summed E-state index contributed by atoms with van der Waals surface area (Å²) in [6.45, 7) is -1.19. The highest BCUT2D eigenvalue weighted by Gasteiger charge is 2.27. The number of carbonyl (C=O) groups excluding carboxylic acids is 1. The van der Waals surface area contributed by atoms with E-state index in [1.807, 2.05) is 0 Å². The van der Waals surface area contributed by atoms with E-state index in [-0.39, 0.29) is 19.1 Å². The number of hydrogen-bond acceptors (Lipinski definition) is 3. The number of carbonyl (C=O) groups is 1. The Balaban J connectivity index is 2.53. The third-order valence-corrected chi connectivity index (χ3v) is 2.77. The first kappa shape index (κ1) is 17.6. The lowest BCUT2D eigenvalue weighted by Gasteiger charge is -2.14. The van der Waals surface area contributed by atoms with Gasteiger partial charge in [0.05, 0.1) is 17.2 Å². The van der Waals surface area contributed by atoms with E-state index in [1.54, 1.807) is 32.3 Å². The fraction of sp³-hybridized carbons (Fsp3) is 0.462. The number of hydrogen-bond donors (Lipinski definition) is 1. The highest BCUT2D eigenvalue weighted by atomic mass is 35.5. The number of nitrogens with one attached hydrogen (secondary N) is 1. The number of rotatable bonds is 6. The summed E-state index contributed by atoms with van der Waals surface area (Å²) in [6, 6.07) is 4.74. The van der Waals surface area contributed by atoms with Crippen LogP contribution in [-0.4, -0.2) is 50.8 Å². The predicted octanol–water partition coefficient (Wildman–Crippen LogP) is 3.03. The Hall–Kier alpha value is -1.47. The summed E-state index contributed by atoms with van der Waals surface area (Å²) in [6.07, 6.45) is -4.33. The summed E-state index contributed by atoms with van der Waals surface area (Å²) in [7, 11) is 3.20. The molecule has 1 amide bonds. The second-order valence-corrected chi connectivity index (χ2v) is 4.90. The van der Waals surface area contributed by atoms with Crippen LogP contribution in [0.2, 0.25) is 5.02 Å². The Morgan fingerprint density at radius 2 is 2.05 bits per heavy atom. The number of halogens is 4. The van der Waals surface area contributed by atoms with E-state index < -0.39 is 12.8 Å². The molecule has 0 aliphatic heterocycles. The van der Waals surface area contributed by atoms with Gasteiger partial charge in [-0.05, 0) is 18.2 Å². The predicted molar refractivity (Wildman–Crippen MR) is 74.8 cm³/mol. The highest BCUT2D eigenvalue weighted by Crippen LogP contribution is 2.21. The third kappa shape index (κ3) is 6.22. The number of alkyl halides is 3. The van der Waals surface area contributed by atoms with E-state index in [1.165, 1.54) is 4.90 Å². The van der Waals surface area contributed by atoms with Crippen molar-refractivity contribution in [2.75, 3.05) is 39.2 Å². The summed E-state index contributed by atoms with van der Waals surface area (Å²) in [5.41, 5.74) is 0.906. The molecule has 0 bridgehead atoms. The summed E-state index contributed by atoms with van der Waals surface area (Å²) in [4.78, 5) is 13.3. The molecule has 0 atom stereocenters. The maximum absolute atomic E-state index is 11.9. The van der Waals surface area contributed by atoms with Gasteiger partial charge in [0.2, 0.25) is 0 Å². The molecule has 0 saturated carbocycles. The molecular weight excluding hydrogens is 309 g/mol. The fourth-order valence-electron chi connectivity index (χ4n) is 1.50. The van der Waals surface area contributed by atoms with Crippen LogP contribution in [0.4, 0.5) is 18.9 Å². The first-order chi connectivity index (χ1) is 9.70. The number of anilines is 1. The largest absolute Gasteiger partial charge is 0.411 e. The van der Waals surface area contributed by atoms with Gasteiger partial charge in [0.25, 0.3) is 5.91 Å². The van der Waals surface area contributed by atoms with Crippen LogP contribution in [0.25, 0.3) is 0 Å². The van der Waals surface area contributed by atoms with Crippen molar-refractivity contribution in [1.82, 2.24) is 4.90 Å². The molecule has 0 aromatic heterocycles. The number of ether oxygens (including phenoxy) is 1. The molecule has 0 saturated heterocycles. The molecule has 1 N–H and O–H groups in total. The zero-order valence-electron chi connectivity index (χ0n) is 11.6. The molecule has 1 rings (SSSR count). The lowest BCUT2D eigenvalue weighted by molar-refractivity contribution is -0.172. The summed E-state index contributed by atoms with van der Waals surface area (Å²) >= 11 is 5.94. The molecule has 0 unspecified atom stereocenters. The number of amides is 1. The Morgan fingerprint density at radius 1 is 1.38 bits per heavy atom. The van der Waals surface area contributed by atoms with Crippen LogP contribution >= 0.6 is 11.6 Å². The van der Waals surface area contributed by atoms with Crippen molar-refractivity contribution in [3.8, 4) is 0 Å². The molecule has 0 heterocycles.